The quantitative estimate of drug-likeness (QED) is 0.483. The molecule has 0 spiro atoms. The van der Waals surface area contributed by atoms with Crippen LogP contribution in [-0.2, 0) is 10.0 Å². The maximum atomic E-state index is 12.7. The summed E-state index contributed by atoms with van der Waals surface area (Å²) in [4.78, 5) is 12.7. The molecule has 3 rings (SSSR count). The summed E-state index contributed by atoms with van der Waals surface area (Å²) in [5.41, 5.74) is 0.700. The Morgan fingerprint density at radius 1 is 0.968 bits per heavy atom. The number of nitrogens with one attached hydrogen (secondary N) is 2. The number of carbonyl (C=O) groups is 1. The molecule has 0 bridgehead atoms. The molecule has 0 aliphatic carbocycles. The monoisotopic (exact) mass is 455 g/mol. The van der Waals surface area contributed by atoms with Crippen molar-refractivity contribution in [2.24, 2.45) is 0 Å². The van der Waals surface area contributed by atoms with E-state index in [1.807, 2.05) is 6.07 Å². The molecule has 7 nitrogen and oxygen atoms in total. The number of benzene rings is 3. The van der Waals surface area contributed by atoms with Gasteiger partial charge < -0.3 is 10.1 Å². The maximum absolute atomic E-state index is 12.7. The van der Waals surface area contributed by atoms with E-state index in [2.05, 4.69) is 10.0 Å². The van der Waals surface area contributed by atoms with Crippen molar-refractivity contribution in [2.75, 3.05) is 11.9 Å². The SMILES string of the molecule is N#CCCNS(=O)(=O)c1ccc(C(=O)Nc2ccccc2Oc2ccccc2Cl)cc1. The molecule has 0 aliphatic rings. The minimum absolute atomic E-state index is 0.00411. The van der Waals surface area contributed by atoms with Crippen LogP contribution in [0.15, 0.2) is 77.7 Å². The number of para-hydroxylation sites is 3. The molecule has 0 aliphatic heterocycles. The highest BCUT2D eigenvalue weighted by Gasteiger charge is 2.15. The highest BCUT2D eigenvalue weighted by molar-refractivity contribution is 7.89. The number of nitriles is 1. The van der Waals surface area contributed by atoms with E-state index in [1.165, 1.54) is 24.3 Å². The zero-order valence-electron chi connectivity index (χ0n) is 16.2. The Balaban J connectivity index is 1.74. The Morgan fingerprint density at radius 3 is 2.29 bits per heavy atom. The molecule has 9 heteroatoms. The smallest absolute Gasteiger partial charge is 0.255 e. The highest BCUT2D eigenvalue weighted by Crippen LogP contribution is 2.33. The second-order valence-corrected chi connectivity index (χ2v) is 8.49. The Kier molecular flexibility index (Phi) is 7.26. The van der Waals surface area contributed by atoms with E-state index in [9.17, 15) is 13.2 Å². The first-order valence-corrected chi connectivity index (χ1v) is 11.1. The molecule has 0 unspecified atom stereocenters. The molecule has 0 saturated carbocycles. The maximum Gasteiger partial charge on any atom is 0.255 e. The fraction of sp³-hybridized carbons (Fsp3) is 0.0909. The number of anilines is 1. The Hall–Kier alpha value is -3.38. The van der Waals surface area contributed by atoms with Crippen molar-refractivity contribution in [3.05, 3.63) is 83.4 Å². The van der Waals surface area contributed by atoms with Gasteiger partial charge >= 0.3 is 0 Å². The minimum Gasteiger partial charge on any atom is -0.454 e. The number of amides is 1. The molecular weight excluding hydrogens is 438 g/mol. The highest BCUT2D eigenvalue weighted by atomic mass is 35.5. The van der Waals surface area contributed by atoms with E-state index < -0.39 is 15.9 Å². The molecule has 0 heterocycles. The van der Waals surface area contributed by atoms with Crippen LogP contribution in [0, 0.1) is 11.3 Å². The zero-order chi connectivity index (χ0) is 22.3. The average Bonchev–Trinajstić information content (AvgIpc) is 2.77. The molecule has 158 valence electrons. The number of carbonyl (C=O) groups excluding carboxylic acids is 1. The molecule has 2 N–H and O–H groups in total. The summed E-state index contributed by atoms with van der Waals surface area (Å²) in [7, 11) is -3.74. The molecule has 3 aromatic rings. The molecule has 0 radical (unpaired) electrons. The van der Waals surface area contributed by atoms with Gasteiger partial charge in [0.15, 0.2) is 5.75 Å². The van der Waals surface area contributed by atoms with Crippen LogP contribution in [0.2, 0.25) is 5.02 Å². The number of hydrogen-bond donors (Lipinski definition) is 2. The predicted octanol–water partition coefficient (Wildman–Crippen LogP) is 4.58. The molecular formula is C22H18ClN3O4S. The van der Waals surface area contributed by atoms with Crippen molar-refractivity contribution in [3.63, 3.8) is 0 Å². The summed E-state index contributed by atoms with van der Waals surface area (Å²) in [5.74, 6) is 0.422. The topological polar surface area (TPSA) is 108 Å². The van der Waals surface area contributed by atoms with Gasteiger partial charge in [-0.3, -0.25) is 4.79 Å². The minimum atomic E-state index is -3.74. The van der Waals surface area contributed by atoms with Crippen molar-refractivity contribution >= 4 is 33.2 Å². The summed E-state index contributed by atoms with van der Waals surface area (Å²) < 4.78 is 32.5. The molecule has 0 atom stereocenters. The lowest BCUT2D eigenvalue weighted by Gasteiger charge is -2.13. The third-order valence-electron chi connectivity index (χ3n) is 4.15. The normalized spacial score (nSPS) is 10.8. The van der Waals surface area contributed by atoms with Crippen molar-refractivity contribution in [3.8, 4) is 17.6 Å². The van der Waals surface area contributed by atoms with Crippen LogP contribution < -0.4 is 14.8 Å². The van der Waals surface area contributed by atoms with E-state index in [0.29, 0.717) is 22.2 Å². The zero-order valence-corrected chi connectivity index (χ0v) is 17.8. The lowest BCUT2D eigenvalue weighted by molar-refractivity contribution is 0.102. The molecule has 31 heavy (non-hydrogen) atoms. The summed E-state index contributed by atoms with van der Waals surface area (Å²) >= 11 is 6.14. The van der Waals surface area contributed by atoms with Crippen molar-refractivity contribution in [1.29, 1.82) is 5.26 Å². The van der Waals surface area contributed by atoms with E-state index >= 15 is 0 Å². The number of rotatable bonds is 8. The number of halogens is 1. The first-order chi connectivity index (χ1) is 14.9. The van der Waals surface area contributed by atoms with Crippen LogP contribution in [0.1, 0.15) is 16.8 Å². The molecule has 0 fully saturated rings. The average molecular weight is 456 g/mol. The Morgan fingerprint density at radius 2 is 1.61 bits per heavy atom. The summed E-state index contributed by atoms with van der Waals surface area (Å²) in [6.07, 6.45) is 0.0649. The second kappa shape index (κ2) is 10.1. The molecule has 0 saturated heterocycles. The Labute approximate surface area is 185 Å². The lowest BCUT2D eigenvalue weighted by atomic mass is 10.2. The number of hydrogen-bond acceptors (Lipinski definition) is 5. The first-order valence-electron chi connectivity index (χ1n) is 9.20. The van der Waals surface area contributed by atoms with Gasteiger partial charge in [0.25, 0.3) is 5.91 Å². The number of ether oxygens (including phenoxy) is 1. The van der Waals surface area contributed by atoms with Crippen LogP contribution in [0.5, 0.6) is 11.5 Å². The van der Waals surface area contributed by atoms with Gasteiger partial charge in [0, 0.05) is 18.5 Å². The van der Waals surface area contributed by atoms with Crippen LogP contribution in [0.3, 0.4) is 0 Å². The van der Waals surface area contributed by atoms with Gasteiger partial charge in [0.2, 0.25) is 10.0 Å². The fourth-order valence-corrected chi connectivity index (χ4v) is 3.82. The van der Waals surface area contributed by atoms with Gasteiger partial charge in [0.05, 0.1) is 21.7 Å². The van der Waals surface area contributed by atoms with E-state index in [0.717, 1.165) is 0 Å². The third kappa shape index (κ3) is 5.83. The lowest BCUT2D eigenvalue weighted by Crippen LogP contribution is -2.24. The van der Waals surface area contributed by atoms with Crippen LogP contribution in [-0.4, -0.2) is 20.9 Å². The van der Waals surface area contributed by atoms with Gasteiger partial charge in [-0.1, -0.05) is 35.9 Å². The molecule has 1 amide bonds. The standard InChI is InChI=1S/C22H18ClN3O4S/c23-18-6-1-3-8-20(18)30-21-9-4-2-7-19(21)26-22(27)16-10-12-17(13-11-16)31(28,29)25-15-5-14-24/h1-4,6-13,25H,5,15H2,(H,26,27). The van der Waals surface area contributed by atoms with Gasteiger partial charge in [-0.15, -0.1) is 0 Å². The first kappa shape index (κ1) is 22.3. The Bertz CT molecular complexity index is 1220. The summed E-state index contributed by atoms with van der Waals surface area (Å²) in [6, 6.07) is 21.2. The van der Waals surface area contributed by atoms with Crippen LogP contribution in [0.4, 0.5) is 5.69 Å². The predicted molar refractivity (Wildman–Crippen MR) is 118 cm³/mol. The van der Waals surface area contributed by atoms with Gasteiger partial charge in [0.1, 0.15) is 5.75 Å². The largest absolute Gasteiger partial charge is 0.454 e. The van der Waals surface area contributed by atoms with Crippen LogP contribution in [0.25, 0.3) is 0 Å². The van der Waals surface area contributed by atoms with E-state index in [4.69, 9.17) is 21.6 Å². The van der Waals surface area contributed by atoms with Gasteiger partial charge in [-0.05, 0) is 48.5 Å². The number of nitrogens with zero attached hydrogens (tertiary/aromatic N) is 1. The number of sulfonamides is 1. The van der Waals surface area contributed by atoms with Crippen molar-refractivity contribution < 1.29 is 17.9 Å². The fourth-order valence-electron chi connectivity index (χ4n) is 2.61. The van der Waals surface area contributed by atoms with Crippen LogP contribution >= 0.6 is 11.6 Å². The van der Waals surface area contributed by atoms with Gasteiger partial charge in [-0.2, -0.15) is 5.26 Å². The van der Waals surface area contributed by atoms with Crippen molar-refractivity contribution in [1.82, 2.24) is 4.72 Å². The summed E-state index contributed by atoms with van der Waals surface area (Å²) in [6.45, 7) is 0.0171. The summed E-state index contributed by atoms with van der Waals surface area (Å²) in [5, 5.41) is 11.7. The van der Waals surface area contributed by atoms with Crippen molar-refractivity contribution in [2.45, 2.75) is 11.3 Å². The van der Waals surface area contributed by atoms with Gasteiger partial charge in [-0.25, -0.2) is 13.1 Å². The van der Waals surface area contributed by atoms with E-state index in [-0.39, 0.29) is 23.4 Å². The molecule has 3 aromatic carbocycles. The third-order valence-corrected chi connectivity index (χ3v) is 5.94. The molecule has 0 aromatic heterocycles. The van der Waals surface area contributed by atoms with E-state index in [1.54, 1.807) is 48.5 Å². The second-order valence-electron chi connectivity index (χ2n) is 6.31.